The number of alkyl carbamates (subject to hydrolysis) is 1. The van der Waals surface area contributed by atoms with Gasteiger partial charge in [-0.15, -0.1) is 0 Å². The number of amides is 3. The van der Waals surface area contributed by atoms with E-state index in [4.69, 9.17) is 9.47 Å². The fourth-order valence-corrected chi connectivity index (χ4v) is 2.77. The first-order valence-electron chi connectivity index (χ1n) is 9.45. The molecule has 3 amide bonds. The normalized spacial score (nSPS) is 14.8. The van der Waals surface area contributed by atoms with Crippen LogP contribution >= 0.6 is 0 Å². The summed E-state index contributed by atoms with van der Waals surface area (Å²) >= 11 is 0. The molecule has 8 heteroatoms. The summed E-state index contributed by atoms with van der Waals surface area (Å²) in [6, 6.07) is 6.88. The molecule has 1 fully saturated rings. The van der Waals surface area contributed by atoms with E-state index in [1.165, 1.54) is 0 Å². The Morgan fingerprint density at radius 1 is 1.07 bits per heavy atom. The van der Waals surface area contributed by atoms with Crippen LogP contribution in [0.1, 0.15) is 40.0 Å². The number of rotatable bonds is 6. The van der Waals surface area contributed by atoms with Crippen molar-refractivity contribution in [3.8, 4) is 0 Å². The number of nitrogens with one attached hydrogen (secondary N) is 3. The minimum Gasteiger partial charge on any atom is -0.444 e. The number of hydrogen-bond acceptors (Lipinski definition) is 5. The van der Waals surface area contributed by atoms with Gasteiger partial charge in [0, 0.05) is 31.0 Å². The zero-order valence-electron chi connectivity index (χ0n) is 16.7. The predicted molar refractivity (Wildman–Crippen MR) is 106 cm³/mol. The molecule has 0 bridgehead atoms. The summed E-state index contributed by atoms with van der Waals surface area (Å²) in [7, 11) is 0. The third kappa shape index (κ3) is 8.39. The quantitative estimate of drug-likeness (QED) is 0.691. The van der Waals surface area contributed by atoms with Crippen molar-refractivity contribution in [1.82, 2.24) is 5.32 Å². The van der Waals surface area contributed by atoms with Crippen LogP contribution in [-0.4, -0.2) is 43.3 Å². The van der Waals surface area contributed by atoms with Crippen molar-refractivity contribution in [3.63, 3.8) is 0 Å². The number of ether oxygens (including phenoxy) is 2. The number of hydrogen-bond donors (Lipinski definition) is 3. The van der Waals surface area contributed by atoms with Crippen molar-refractivity contribution < 1.29 is 23.9 Å². The summed E-state index contributed by atoms with van der Waals surface area (Å²) in [5, 5.41) is 7.93. The molecule has 0 spiro atoms. The van der Waals surface area contributed by atoms with Crippen molar-refractivity contribution in [3.05, 3.63) is 24.3 Å². The molecule has 1 aromatic rings. The van der Waals surface area contributed by atoms with E-state index in [1.807, 2.05) is 0 Å². The largest absolute Gasteiger partial charge is 0.444 e. The van der Waals surface area contributed by atoms with Gasteiger partial charge in [-0.25, -0.2) is 4.79 Å². The predicted octanol–water partition coefficient (Wildman–Crippen LogP) is 2.91. The number of anilines is 2. The van der Waals surface area contributed by atoms with Gasteiger partial charge in [-0.3, -0.25) is 9.59 Å². The molecule has 2 rings (SSSR count). The Balaban J connectivity index is 1.79. The molecule has 28 heavy (non-hydrogen) atoms. The van der Waals surface area contributed by atoms with Gasteiger partial charge in [-0.1, -0.05) is 6.07 Å². The van der Waals surface area contributed by atoms with Crippen molar-refractivity contribution in [1.29, 1.82) is 0 Å². The van der Waals surface area contributed by atoms with Crippen molar-refractivity contribution >= 4 is 29.3 Å². The zero-order chi connectivity index (χ0) is 20.6. The van der Waals surface area contributed by atoms with Gasteiger partial charge in [-0.05, 0) is 57.7 Å². The van der Waals surface area contributed by atoms with Gasteiger partial charge >= 0.3 is 6.09 Å². The summed E-state index contributed by atoms with van der Waals surface area (Å²) in [5.74, 6) is -0.103. The van der Waals surface area contributed by atoms with Gasteiger partial charge in [0.15, 0.2) is 0 Å². The molecule has 8 nitrogen and oxygen atoms in total. The molecule has 0 saturated carbocycles. The summed E-state index contributed by atoms with van der Waals surface area (Å²) in [6.07, 6.45) is 1.60. The molecule has 1 aliphatic heterocycles. The molecule has 1 heterocycles. The lowest BCUT2D eigenvalue weighted by Crippen LogP contribution is -2.37. The van der Waals surface area contributed by atoms with E-state index in [1.54, 1.807) is 45.0 Å². The maximum Gasteiger partial charge on any atom is 0.408 e. The Morgan fingerprint density at radius 3 is 2.29 bits per heavy atom. The number of carbonyl (C=O) groups excluding carboxylic acids is 3. The first-order valence-corrected chi connectivity index (χ1v) is 9.45. The van der Waals surface area contributed by atoms with E-state index in [0.717, 1.165) is 12.8 Å². The molecule has 0 aromatic heterocycles. The van der Waals surface area contributed by atoms with Crippen LogP contribution < -0.4 is 16.0 Å². The Labute approximate surface area is 165 Å². The highest BCUT2D eigenvalue weighted by Crippen LogP contribution is 2.20. The van der Waals surface area contributed by atoms with Gasteiger partial charge in [0.25, 0.3) is 0 Å². The summed E-state index contributed by atoms with van der Waals surface area (Å²) in [6.45, 7) is 6.43. The third-order valence-corrected chi connectivity index (χ3v) is 4.04. The zero-order valence-corrected chi connectivity index (χ0v) is 16.7. The van der Waals surface area contributed by atoms with Crippen LogP contribution in [0.3, 0.4) is 0 Å². The minimum atomic E-state index is -0.656. The molecular formula is C20H29N3O5. The first-order chi connectivity index (χ1) is 13.2. The second-order valence-electron chi connectivity index (χ2n) is 7.79. The Morgan fingerprint density at radius 2 is 1.68 bits per heavy atom. The number of carbonyl (C=O) groups is 3. The van der Waals surface area contributed by atoms with Crippen LogP contribution in [0.25, 0.3) is 0 Å². The summed E-state index contributed by atoms with van der Waals surface area (Å²) in [4.78, 5) is 35.8. The van der Waals surface area contributed by atoms with Gasteiger partial charge in [0.05, 0.1) is 0 Å². The van der Waals surface area contributed by atoms with Gasteiger partial charge in [0.2, 0.25) is 11.8 Å². The monoisotopic (exact) mass is 391 g/mol. The smallest absolute Gasteiger partial charge is 0.408 e. The summed E-state index contributed by atoms with van der Waals surface area (Å²) < 4.78 is 10.4. The van der Waals surface area contributed by atoms with Crippen molar-refractivity contribution in [2.45, 2.75) is 45.6 Å². The molecule has 3 N–H and O–H groups in total. The van der Waals surface area contributed by atoms with E-state index in [-0.39, 0.29) is 12.5 Å². The highest BCUT2D eigenvalue weighted by atomic mass is 16.6. The Hall–Kier alpha value is -2.61. The van der Waals surface area contributed by atoms with E-state index < -0.39 is 17.6 Å². The molecular weight excluding hydrogens is 362 g/mol. The van der Waals surface area contributed by atoms with Gasteiger partial charge in [0.1, 0.15) is 12.1 Å². The van der Waals surface area contributed by atoms with Crippen LogP contribution in [-0.2, 0) is 19.1 Å². The second-order valence-corrected chi connectivity index (χ2v) is 7.79. The minimum absolute atomic E-state index is 0.0537. The average Bonchev–Trinajstić information content (AvgIpc) is 2.59. The Kier molecular flexibility index (Phi) is 7.80. The van der Waals surface area contributed by atoms with Crippen molar-refractivity contribution in [2.24, 2.45) is 5.92 Å². The fraction of sp³-hybridized carbons (Fsp3) is 0.550. The van der Waals surface area contributed by atoms with Crippen LogP contribution in [0.5, 0.6) is 0 Å². The lowest BCUT2D eigenvalue weighted by atomic mass is 9.96. The molecule has 0 atom stereocenters. The molecule has 1 aliphatic rings. The van der Waals surface area contributed by atoms with E-state index in [0.29, 0.717) is 36.9 Å². The lowest BCUT2D eigenvalue weighted by molar-refractivity contribution is -0.117. The van der Waals surface area contributed by atoms with Crippen LogP contribution in [0.4, 0.5) is 16.2 Å². The standard InChI is InChI=1S/C20H29N3O5/c1-20(2,3)28-19(26)21-13-18(25)23-16-6-4-5-15(12-16)22-17(24)11-14-7-9-27-10-8-14/h4-6,12,14H,7-11,13H2,1-3H3,(H,21,26)(H,22,24)(H,23,25). The molecule has 1 saturated heterocycles. The SMILES string of the molecule is CC(C)(C)OC(=O)NCC(=O)Nc1cccc(NC(=O)CC2CCOCC2)c1. The average molecular weight is 391 g/mol. The Bertz CT molecular complexity index is 693. The number of benzene rings is 1. The van der Waals surface area contributed by atoms with Crippen LogP contribution in [0.2, 0.25) is 0 Å². The maximum atomic E-state index is 12.2. The van der Waals surface area contributed by atoms with Gasteiger partial charge < -0.3 is 25.4 Å². The van der Waals surface area contributed by atoms with E-state index in [9.17, 15) is 14.4 Å². The van der Waals surface area contributed by atoms with Crippen LogP contribution in [0.15, 0.2) is 24.3 Å². The third-order valence-electron chi connectivity index (χ3n) is 4.04. The molecule has 0 radical (unpaired) electrons. The molecule has 0 unspecified atom stereocenters. The molecule has 1 aromatic carbocycles. The maximum absolute atomic E-state index is 12.2. The lowest BCUT2D eigenvalue weighted by Gasteiger charge is -2.21. The van der Waals surface area contributed by atoms with Crippen LogP contribution in [0, 0.1) is 5.92 Å². The highest BCUT2D eigenvalue weighted by molar-refractivity contribution is 5.95. The van der Waals surface area contributed by atoms with Gasteiger partial charge in [-0.2, -0.15) is 0 Å². The first kappa shape index (κ1) is 21.7. The molecule has 0 aliphatic carbocycles. The summed E-state index contributed by atoms with van der Waals surface area (Å²) in [5.41, 5.74) is 0.507. The van der Waals surface area contributed by atoms with E-state index in [2.05, 4.69) is 16.0 Å². The fourth-order valence-electron chi connectivity index (χ4n) is 2.77. The molecule has 154 valence electrons. The second kappa shape index (κ2) is 10.1. The van der Waals surface area contributed by atoms with Crippen molar-refractivity contribution in [2.75, 3.05) is 30.4 Å². The van der Waals surface area contributed by atoms with E-state index >= 15 is 0 Å². The topological polar surface area (TPSA) is 106 Å². The highest BCUT2D eigenvalue weighted by Gasteiger charge is 2.18.